The molecule has 0 aliphatic carbocycles. The quantitative estimate of drug-likeness (QED) is 0.782. The third kappa shape index (κ3) is 3.04. The van der Waals surface area contributed by atoms with Gasteiger partial charge in [0.2, 0.25) is 0 Å². The van der Waals surface area contributed by atoms with Crippen LogP contribution in [-0.2, 0) is 0 Å². The summed E-state index contributed by atoms with van der Waals surface area (Å²) in [5.74, 6) is -0.266. The minimum atomic E-state index is -0.302. The van der Waals surface area contributed by atoms with Crippen LogP contribution in [0.2, 0.25) is 0 Å². The lowest BCUT2D eigenvalue weighted by Crippen LogP contribution is -2.28. The first-order chi connectivity index (χ1) is 8.31. The van der Waals surface area contributed by atoms with Crippen molar-refractivity contribution in [2.75, 3.05) is 13.1 Å². The minimum Gasteiger partial charge on any atom is -0.284 e. The van der Waals surface area contributed by atoms with Crippen molar-refractivity contribution in [3.63, 3.8) is 0 Å². The van der Waals surface area contributed by atoms with Gasteiger partial charge in [-0.05, 0) is 43.6 Å². The smallest absolute Gasteiger partial charge is 0.123 e. The maximum Gasteiger partial charge on any atom is 0.123 e. The average Bonchev–Trinajstić information content (AvgIpc) is 2.59. The summed E-state index contributed by atoms with van der Waals surface area (Å²) in [5, 5.41) is 9.30. The number of likely N-dealkylation sites (tertiary alicyclic amines) is 1. The largest absolute Gasteiger partial charge is 0.284 e. The van der Waals surface area contributed by atoms with E-state index >= 15 is 0 Å². The zero-order chi connectivity index (χ0) is 12.1. The Bertz CT molecular complexity index is 403. The minimum absolute atomic E-state index is 0.266. The summed E-state index contributed by atoms with van der Waals surface area (Å²) in [6, 6.07) is 8.40. The van der Waals surface area contributed by atoms with Crippen LogP contribution in [0.1, 0.15) is 37.3 Å². The van der Waals surface area contributed by atoms with E-state index in [9.17, 15) is 9.65 Å². The van der Waals surface area contributed by atoms with E-state index in [1.165, 1.54) is 25.0 Å². The van der Waals surface area contributed by atoms with Crippen molar-refractivity contribution in [1.82, 2.24) is 4.90 Å². The molecule has 1 aliphatic rings. The second-order valence-electron chi connectivity index (χ2n) is 4.54. The van der Waals surface area contributed by atoms with E-state index in [0.717, 1.165) is 31.5 Å². The Morgan fingerprint density at radius 3 is 2.47 bits per heavy atom. The van der Waals surface area contributed by atoms with Crippen LogP contribution in [0.5, 0.6) is 0 Å². The summed E-state index contributed by atoms with van der Waals surface area (Å²) in [6.07, 6.45) is 4.73. The van der Waals surface area contributed by atoms with Crippen LogP contribution in [0.4, 0.5) is 4.39 Å². The number of benzene rings is 1. The number of halogens is 1. The Kier molecular flexibility index (Phi) is 4.11. The first-order valence-electron chi connectivity index (χ1n) is 6.20. The van der Waals surface area contributed by atoms with E-state index in [-0.39, 0.29) is 11.9 Å². The molecule has 0 N–H and O–H groups in total. The first-order valence-corrected chi connectivity index (χ1v) is 6.20. The zero-order valence-electron chi connectivity index (χ0n) is 9.90. The van der Waals surface area contributed by atoms with Crippen molar-refractivity contribution in [2.45, 2.75) is 31.7 Å². The fourth-order valence-corrected chi connectivity index (χ4v) is 2.40. The lowest BCUT2D eigenvalue weighted by molar-refractivity contribution is 0.245. The monoisotopic (exact) mass is 232 g/mol. The normalized spacial score (nSPS) is 19.3. The number of hydrogen-bond acceptors (Lipinski definition) is 2. The third-order valence-electron chi connectivity index (χ3n) is 3.29. The molecule has 1 saturated heterocycles. The average molecular weight is 232 g/mol. The van der Waals surface area contributed by atoms with Gasteiger partial charge in [0, 0.05) is 0 Å². The van der Waals surface area contributed by atoms with Gasteiger partial charge in [0.05, 0.1) is 6.07 Å². The van der Waals surface area contributed by atoms with Crippen LogP contribution in [0, 0.1) is 17.1 Å². The van der Waals surface area contributed by atoms with Crippen molar-refractivity contribution >= 4 is 0 Å². The molecule has 1 atom stereocenters. The van der Waals surface area contributed by atoms with Gasteiger partial charge in [0.1, 0.15) is 11.9 Å². The zero-order valence-corrected chi connectivity index (χ0v) is 9.90. The molecule has 3 heteroatoms. The number of nitriles is 1. The summed E-state index contributed by atoms with van der Waals surface area (Å²) in [5.41, 5.74) is 0.773. The Hall–Kier alpha value is -1.40. The van der Waals surface area contributed by atoms with Gasteiger partial charge in [0.25, 0.3) is 0 Å². The van der Waals surface area contributed by atoms with Gasteiger partial charge in [-0.1, -0.05) is 25.0 Å². The second-order valence-corrected chi connectivity index (χ2v) is 4.54. The van der Waals surface area contributed by atoms with E-state index in [4.69, 9.17) is 0 Å². The molecule has 0 spiro atoms. The van der Waals surface area contributed by atoms with E-state index < -0.39 is 0 Å². The molecule has 0 amide bonds. The van der Waals surface area contributed by atoms with Crippen LogP contribution >= 0.6 is 0 Å². The molecule has 1 aromatic carbocycles. The van der Waals surface area contributed by atoms with Gasteiger partial charge >= 0.3 is 0 Å². The highest BCUT2D eigenvalue weighted by Gasteiger charge is 2.21. The van der Waals surface area contributed by atoms with Gasteiger partial charge in [-0.15, -0.1) is 0 Å². The van der Waals surface area contributed by atoms with Gasteiger partial charge in [0.15, 0.2) is 0 Å². The molecule has 17 heavy (non-hydrogen) atoms. The van der Waals surface area contributed by atoms with Gasteiger partial charge < -0.3 is 0 Å². The number of hydrogen-bond donors (Lipinski definition) is 0. The Labute approximate surface area is 102 Å². The molecular weight excluding hydrogens is 215 g/mol. The second kappa shape index (κ2) is 5.79. The van der Waals surface area contributed by atoms with Crippen molar-refractivity contribution < 1.29 is 4.39 Å². The Balaban J connectivity index is 2.18. The fraction of sp³-hybridized carbons (Fsp3) is 0.500. The van der Waals surface area contributed by atoms with Crippen LogP contribution in [0.15, 0.2) is 24.3 Å². The molecule has 2 nitrogen and oxygen atoms in total. The summed E-state index contributed by atoms with van der Waals surface area (Å²) in [6.45, 7) is 1.88. The predicted octanol–water partition coefficient (Wildman–Crippen LogP) is 3.27. The SMILES string of the molecule is N#CC(c1cccc(F)c1)N1CCCCCC1. The molecule has 1 aliphatic heterocycles. The lowest BCUT2D eigenvalue weighted by Gasteiger charge is -2.25. The summed E-state index contributed by atoms with van der Waals surface area (Å²) in [7, 11) is 0. The number of rotatable bonds is 2. The molecule has 90 valence electrons. The molecule has 0 bridgehead atoms. The Morgan fingerprint density at radius 1 is 1.18 bits per heavy atom. The van der Waals surface area contributed by atoms with Gasteiger partial charge in [-0.2, -0.15) is 5.26 Å². The van der Waals surface area contributed by atoms with E-state index in [1.807, 2.05) is 6.07 Å². The maximum atomic E-state index is 13.2. The van der Waals surface area contributed by atoms with E-state index in [0.29, 0.717) is 0 Å². The fourth-order valence-electron chi connectivity index (χ4n) is 2.40. The van der Waals surface area contributed by atoms with E-state index in [2.05, 4.69) is 11.0 Å². The predicted molar refractivity (Wildman–Crippen MR) is 64.8 cm³/mol. The standard InChI is InChI=1S/C14H17FN2/c15-13-7-5-6-12(10-13)14(11-16)17-8-3-1-2-4-9-17/h5-7,10,14H,1-4,8-9H2. The summed E-state index contributed by atoms with van der Waals surface area (Å²) in [4.78, 5) is 2.17. The number of nitrogens with zero attached hydrogens (tertiary/aromatic N) is 2. The molecule has 0 aromatic heterocycles. The third-order valence-corrected chi connectivity index (χ3v) is 3.29. The molecular formula is C14H17FN2. The van der Waals surface area contributed by atoms with Crippen molar-refractivity contribution in [3.8, 4) is 6.07 Å². The molecule has 1 fully saturated rings. The summed E-state index contributed by atoms with van der Waals surface area (Å²) < 4.78 is 13.2. The molecule has 2 rings (SSSR count). The van der Waals surface area contributed by atoms with Crippen LogP contribution in [0.3, 0.4) is 0 Å². The Morgan fingerprint density at radius 2 is 1.88 bits per heavy atom. The molecule has 0 radical (unpaired) electrons. The topological polar surface area (TPSA) is 27.0 Å². The van der Waals surface area contributed by atoms with Crippen LogP contribution in [-0.4, -0.2) is 18.0 Å². The highest BCUT2D eigenvalue weighted by Crippen LogP contribution is 2.23. The highest BCUT2D eigenvalue weighted by molar-refractivity contribution is 5.25. The van der Waals surface area contributed by atoms with Gasteiger partial charge in [-0.3, -0.25) is 4.90 Å². The van der Waals surface area contributed by atoms with Crippen molar-refractivity contribution in [3.05, 3.63) is 35.6 Å². The molecule has 1 aromatic rings. The maximum absolute atomic E-state index is 13.2. The molecule has 1 heterocycles. The highest BCUT2D eigenvalue weighted by atomic mass is 19.1. The summed E-state index contributed by atoms with van der Waals surface area (Å²) >= 11 is 0. The lowest BCUT2D eigenvalue weighted by atomic mass is 10.1. The molecule has 0 saturated carbocycles. The van der Waals surface area contributed by atoms with Gasteiger partial charge in [-0.25, -0.2) is 4.39 Å². The first kappa shape index (κ1) is 12.1. The molecule has 1 unspecified atom stereocenters. The van der Waals surface area contributed by atoms with Crippen molar-refractivity contribution in [1.29, 1.82) is 5.26 Å². The van der Waals surface area contributed by atoms with Crippen molar-refractivity contribution in [2.24, 2.45) is 0 Å². The van der Waals surface area contributed by atoms with E-state index in [1.54, 1.807) is 6.07 Å². The van der Waals surface area contributed by atoms with Crippen LogP contribution < -0.4 is 0 Å². The van der Waals surface area contributed by atoms with Crippen LogP contribution in [0.25, 0.3) is 0 Å².